The summed E-state index contributed by atoms with van der Waals surface area (Å²) >= 11 is 1.64. The van der Waals surface area contributed by atoms with Crippen LogP contribution in [0.25, 0.3) is 0 Å². The molecule has 0 aliphatic heterocycles. The van der Waals surface area contributed by atoms with E-state index in [9.17, 15) is 5.11 Å². The Morgan fingerprint density at radius 2 is 2.25 bits per heavy atom. The van der Waals surface area contributed by atoms with Gasteiger partial charge in [-0.2, -0.15) is 0 Å². The van der Waals surface area contributed by atoms with Crippen molar-refractivity contribution in [2.45, 2.75) is 19.9 Å². The highest BCUT2D eigenvalue weighted by Crippen LogP contribution is 2.26. The van der Waals surface area contributed by atoms with E-state index >= 15 is 0 Å². The lowest BCUT2D eigenvalue weighted by molar-refractivity contribution is 0.475. The van der Waals surface area contributed by atoms with Crippen LogP contribution < -0.4 is 5.32 Å². The van der Waals surface area contributed by atoms with Gasteiger partial charge in [0.05, 0.1) is 11.6 Å². The maximum Gasteiger partial charge on any atom is 0.115 e. The van der Waals surface area contributed by atoms with E-state index < -0.39 is 0 Å². The van der Waals surface area contributed by atoms with Crippen LogP contribution in [0.5, 0.6) is 5.75 Å². The minimum atomic E-state index is 0.232. The standard InChI is InChI=1S/C12H14N2OS/c1-8-5-10(15)3-4-11(8)14-9(2)12-6-13-7-16-12/h3-7,9,14-15H,1-2H3. The molecule has 16 heavy (non-hydrogen) atoms. The summed E-state index contributed by atoms with van der Waals surface area (Å²) < 4.78 is 0. The van der Waals surface area contributed by atoms with E-state index in [0.717, 1.165) is 11.3 Å². The highest BCUT2D eigenvalue weighted by molar-refractivity contribution is 7.09. The molecule has 3 nitrogen and oxygen atoms in total. The van der Waals surface area contributed by atoms with Crippen molar-refractivity contribution in [3.63, 3.8) is 0 Å². The largest absolute Gasteiger partial charge is 0.508 e. The Bertz CT molecular complexity index is 468. The topological polar surface area (TPSA) is 45.1 Å². The monoisotopic (exact) mass is 234 g/mol. The van der Waals surface area contributed by atoms with Gasteiger partial charge < -0.3 is 10.4 Å². The average molecular weight is 234 g/mol. The number of nitrogens with zero attached hydrogens (tertiary/aromatic N) is 1. The zero-order chi connectivity index (χ0) is 11.5. The molecule has 0 bridgehead atoms. The summed E-state index contributed by atoms with van der Waals surface area (Å²) in [5.41, 5.74) is 3.91. The van der Waals surface area contributed by atoms with Crippen molar-refractivity contribution in [3.8, 4) is 5.75 Å². The molecule has 1 aromatic carbocycles. The van der Waals surface area contributed by atoms with Gasteiger partial charge in [0, 0.05) is 16.8 Å². The Morgan fingerprint density at radius 3 is 2.88 bits per heavy atom. The average Bonchev–Trinajstić information content (AvgIpc) is 2.75. The molecule has 0 fully saturated rings. The van der Waals surface area contributed by atoms with Gasteiger partial charge in [-0.05, 0) is 37.6 Å². The molecule has 1 atom stereocenters. The van der Waals surface area contributed by atoms with Crippen LogP contribution in [-0.4, -0.2) is 10.1 Å². The SMILES string of the molecule is Cc1cc(O)ccc1NC(C)c1cncs1. The van der Waals surface area contributed by atoms with Crippen LogP contribution in [0.1, 0.15) is 23.4 Å². The number of hydrogen-bond donors (Lipinski definition) is 2. The highest BCUT2D eigenvalue weighted by atomic mass is 32.1. The van der Waals surface area contributed by atoms with E-state index in [-0.39, 0.29) is 6.04 Å². The van der Waals surface area contributed by atoms with Crippen LogP contribution in [-0.2, 0) is 0 Å². The number of rotatable bonds is 3. The second kappa shape index (κ2) is 4.53. The molecule has 0 saturated carbocycles. The number of phenols is 1. The van der Waals surface area contributed by atoms with Gasteiger partial charge in [0.2, 0.25) is 0 Å². The fourth-order valence-electron chi connectivity index (χ4n) is 1.55. The second-order valence-corrected chi connectivity index (χ2v) is 4.69. The molecule has 0 amide bonds. The molecule has 4 heteroatoms. The first-order chi connectivity index (χ1) is 7.66. The van der Waals surface area contributed by atoms with Crippen LogP contribution in [0.4, 0.5) is 5.69 Å². The van der Waals surface area contributed by atoms with Crippen LogP contribution in [0.3, 0.4) is 0 Å². The smallest absolute Gasteiger partial charge is 0.115 e. The lowest BCUT2D eigenvalue weighted by Crippen LogP contribution is -2.05. The van der Waals surface area contributed by atoms with E-state index in [1.54, 1.807) is 23.5 Å². The summed E-state index contributed by atoms with van der Waals surface area (Å²) in [6, 6.07) is 5.56. The summed E-state index contributed by atoms with van der Waals surface area (Å²) in [6.07, 6.45) is 1.87. The van der Waals surface area contributed by atoms with Gasteiger partial charge >= 0.3 is 0 Å². The van der Waals surface area contributed by atoms with Gasteiger partial charge in [0.15, 0.2) is 0 Å². The van der Waals surface area contributed by atoms with Crippen LogP contribution in [0, 0.1) is 6.92 Å². The first-order valence-corrected chi connectivity index (χ1v) is 5.99. The zero-order valence-electron chi connectivity index (χ0n) is 9.27. The molecule has 84 valence electrons. The number of aromatic nitrogens is 1. The fraction of sp³-hybridized carbons (Fsp3) is 0.250. The number of aromatic hydroxyl groups is 1. The number of hydrogen-bond acceptors (Lipinski definition) is 4. The molecule has 0 saturated heterocycles. The van der Waals surface area contributed by atoms with Crippen LogP contribution >= 0.6 is 11.3 Å². The third kappa shape index (κ3) is 2.33. The van der Waals surface area contributed by atoms with Gasteiger partial charge in [0.1, 0.15) is 5.75 Å². The van der Waals surface area contributed by atoms with Gasteiger partial charge in [-0.15, -0.1) is 11.3 Å². The molecule has 0 radical (unpaired) electrons. The minimum absolute atomic E-state index is 0.232. The second-order valence-electron chi connectivity index (χ2n) is 3.77. The molecule has 1 heterocycles. The molecule has 2 rings (SSSR count). The van der Waals surface area contributed by atoms with Crippen molar-refractivity contribution < 1.29 is 5.11 Å². The molecular formula is C12H14N2OS. The molecule has 2 aromatic rings. The Morgan fingerprint density at radius 1 is 1.44 bits per heavy atom. The quantitative estimate of drug-likeness (QED) is 0.801. The predicted molar refractivity (Wildman–Crippen MR) is 67.0 cm³/mol. The van der Waals surface area contributed by atoms with Crippen molar-refractivity contribution in [3.05, 3.63) is 40.3 Å². The molecule has 1 aromatic heterocycles. The molecule has 0 spiro atoms. The van der Waals surface area contributed by atoms with Gasteiger partial charge in [-0.3, -0.25) is 4.98 Å². The predicted octanol–water partition coefficient (Wildman–Crippen LogP) is 3.33. The lowest BCUT2D eigenvalue weighted by atomic mass is 10.1. The van der Waals surface area contributed by atoms with Crippen molar-refractivity contribution in [1.29, 1.82) is 0 Å². The van der Waals surface area contributed by atoms with Crippen molar-refractivity contribution in [2.24, 2.45) is 0 Å². The maximum atomic E-state index is 9.32. The van der Waals surface area contributed by atoms with Crippen molar-refractivity contribution in [2.75, 3.05) is 5.32 Å². The molecule has 0 aliphatic carbocycles. The van der Waals surface area contributed by atoms with Gasteiger partial charge in [-0.1, -0.05) is 0 Å². The Labute approximate surface area is 98.8 Å². The zero-order valence-corrected chi connectivity index (χ0v) is 10.1. The Balaban J connectivity index is 2.15. The summed E-state index contributed by atoms with van der Waals surface area (Å²) in [5, 5.41) is 12.7. The van der Waals surface area contributed by atoms with E-state index in [2.05, 4.69) is 17.2 Å². The Kier molecular flexibility index (Phi) is 3.10. The van der Waals surface area contributed by atoms with Gasteiger partial charge in [0.25, 0.3) is 0 Å². The normalized spacial score (nSPS) is 12.4. The molecule has 0 aliphatic rings. The third-order valence-electron chi connectivity index (χ3n) is 2.46. The van der Waals surface area contributed by atoms with E-state index in [4.69, 9.17) is 0 Å². The minimum Gasteiger partial charge on any atom is -0.508 e. The fourth-order valence-corrected chi connectivity index (χ4v) is 2.18. The summed E-state index contributed by atoms with van der Waals surface area (Å²) in [6.45, 7) is 4.07. The molecule has 1 unspecified atom stereocenters. The van der Waals surface area contributed by atoms with Crippen molar-refractivity contribution in [1.82, 2.24) is 4.98 Å². The number of benzene rings is 1. The van der Waals surface area contributed by atoms with Crippen molar-refractivity contribution >= 4 is 17.0 Å². The van der Waals surface area contributed by atoms with E-state index in [0.29, 0.717) is 5.75 Å². The number of anilines is 1. The number of thiazole rings is 1. The van der Waals surface area contributed by atoms with Crippen LogP contribution in [0.2, 0.25) is 0 Å². The number of aryl methyl sites for hydroxylation is 1. The summed E-state index contributed by atoms with van der Waals surface area (Å²) in [7, 11) is 0. The van der Waals surface area contributed by atoms with Gasteiger partial charge in [-0.25, -0.2) is 0 Å². The first-order valence-electron chi connectivity index (χ1n) is 5.11. The van der Waals surface area contributed by atoms with E-state index in [1.165, 1.54) is 4.88 Å². The summed E-state index contributed by atoms with van der Waals surface area (Å²) in [5.74, 6) is 0.300. The van der Waals surface area contributed by atoms with Crippen LogP contribution in [0.15, 0.2) is 29.9 Å². The number of nitrogens with one attached hydrogen (secondary N) is 1. The molecule has 2 N–H and O–H groups in total. The number of phenolic OH excluding ortho intramolecular Hbond substituents is 1. The summed E-state index contributed by atoms with van der Waals surface area (Å²) in [4.78, 5) is 5.26. The Hall–Kier alpha value is -1.55. The van der Waals surface area contributed by atoms with E-state index in [1.807, 2.05) is 24.7 Å². The third-order valence-corrected chi connectivity index (χ3v) is 3.42. The molecular weight excluding hydrogens is 220 g/mol. The lowest BCUT2D eigenvalue weighted by Gasteiger charge is -2.15. The maximum absolute atomic E-state index is 9.32. The highest BCUT2D eigenvalue weighted by Gasteiger charge is 2.08. The first kappa shape index (κ1) is 11.0.